The van der Waals surface area contributed by atoms with Gasteiger partial charge in [0.2, 0.25) is 5.91 Å². The van der Waals surface area contributed by atoms with Crippen LogP contribution in [0.2, 0.25) is 0 Å². The third-order valence-electron chi connectivity index (χ3n) is 4.90. The molecule has 0 bridgehead atoms. The van der Waals surface area contributed by atoms with Gasteiger partial charge in [-0.15, -0.1) is 11.8 Å². The van der Waals surface area contributed by atoms with Gasteiger partial charge in [-0.25, -0.2) is 0 Å². The SMILES string of the molecule is CSc1ccc(CN(C)CC(=O)Nc2ccc(N3CCCCC3)cc2)cc1. The number of likely N-dealkylation sites (N-methyl/N-ethyl adjacent to an activating group) is 1. The van der Waals surface area contributed by atoms with Crippen molar-refractivity contribution < 1.29 is 4.79 Å². The molecule has 144 valence electrons. The summed E-state index contributed by atoms with van der Waals surface area (Å²) in [6.45, 7) is 3.40. The minimum atomic E-state index is 0.0176. The van der Waals surface area contributed by atoms with Crippen molar-refractivity contribution in [3.63, 3.8) is 0 Å². The summed E-state index contributed by atoms with van der Waals surface area (Å²) in [7, 11) is 1.97. The van der Waals surface area contributed by atoms with Gasteiger partial charge in [0.1, 0.15) is 0 Å². The Balaban J connectivity index is 1.47. The number of nitrogens with zero attached hydrogens (tertiary/aromatic N) is 2. The van der Waals surface area contributed by atoms with Crippen LogP contribution in [0.3, 0.4) is 0 Å². The Hall–Kier alpha value is -1.98. The van der Waals surface area contributed by atoms with Crippen LogP contribution in [0.4, 0.5) is 11.4 Å². The van der Waals surface area contributed by atoms with Gasteiger partial charge in [-0.05, 0) is 74.5 Å². The molecule has 1 N–H and O–H groups in total. The van der Waals surface area contributed by atoms with E-state index in [0.29, 0.717) is 6.54 Å². The summed E-state index contributed by atoms with van der Waals surface area (Å²) in [6, 6.07) is 16.7. The lowest BCUT2D eigenvalue weighted by Gasteiger charge is -2.28. The molecule has 5 heteroatoms. The average Bonchev–Trinajstić information content (AvgIpc) is 2.69. The summed E-state index contributed by atoms with van der Waals surface area (Å²) in [5.74, 6) is 0.0176. The van der Waals surface area contributed by atoms with Gasteiger partial charge in [-0.3, -0.25) is 9.69 Å². The third-order valence-corrected chi connectivity index (χ3v) is 5.64. The van der Waals surface area contributed by atoms with E-state index in [9.17, 15) is 4.79 Å². The van der Waals surface area contributed by atoms with Crippen LogP contribution in [0.5, 0.6) is 0 Å². The molecule has 0 spiro atoms. The van der Waals surface area contributed by atoms with E-state index in [2.05, 4.69) is 52.9 Å². The van der Waals surface area contributed by atoms with Crippen LogP contribution in [0, 0.1) is 0 Å². The van der Waals surface area contributed by atoms with Gasteiger partial charge < -0.3 is 10.2 Å². The van der Waals surface area contributed by atoms with Crippen LogP contribution in [0.15, 0.2) is 53.4 Å². The molecule has 0 aromatic heterocycles. The molecule has 1 saturated heterocycles. The maximum atomic E-state index is 12.3. The highest BCUT2D eigenvalue weighted by Crippen LogP contribution is 2.22. The predicted octanol–water partition coefficient (Wildman–Crippen LogP) is 4.47. The lowest BCUT2D eigenvalue weighted by molar-refractivity contribution is -0.117. The van der Waals surface area contributed by atoms with Gasteiger partial charge in [0, 0.05) is 35.9 Å². The Bertz CT molecular complexity index is 724. The zero-order valence-electron chi connectivity index (χ0n) is 16.3. The monoisotopic (exact) mass is 383 g/mol. The summed E-state index contributed by atoms with van der Waals surface area (Å²) in [6.07, 6.45) is 5.94. The van der Waals surface area contributed by atoms with E-state index < -0.39 is 0 Å². The second-order valence-corrected chi connectivity index (χ2v) is 8.04. The van der Waals surface area contributed by atoms with Crippen molar-refractivity contribution in [1.29, 1.82) is 0 Å². The van der Waals surface area contributed by atoms with Crippen molar-refractivity contribution in [3.8, 4) is 0 Å². The molecule has 0 radical (unpaired) electrons. The Morgan fingerprint density at radius 1 is 1.04 bits per heavy atom. The first-order chi connectivity index (χ1) is 13.1. The first-order valence-electron chi connectivity index (χ1n) is 9.60. The van der Waals surface area contributed by atoms with Gasteiger partial charge >= 0.3 is 0 Å². The highest BCUT2D eigenvalue weighted by molar-refractivity contribution is 7.98. The van der Waals surface area contributed by atoms with E-state index in [1.807, 2.05) is 24.1 Å². The lowest BCUT2D eigenvalue weighted by Crippen LogP contribution is -2.30. The molecule has 1 amide bonds. The molecule has 0 unspecified atom stereocenters. The first-order valence-corrected chi connectivity index (χ1v) is 10.8. The fraction of sp³-hybridized carbons (Fsp3) is 0.409. The predicted molar refractivity (Wildman–Crippen MR) is 116 cm³/mol. The molecule has 0 atom stereocenters. The number of thioether (sulfide) groups is 1. The van der Waals surface area contributed by atoms with Crippen molar-refractivity contribution in [3.05, 3.63) is 54.1 Å². The molecule has 0 aliphatic carbocycles. The molecule has 1 aliphatic rings. The van der Waals surface area contributed by atoms with Gasteiger partial charge in [0.25, 0.3) is 0 Å². The van der Waals surface area contributed by atoms with Crippen molar-refractivity contribution in [2.45, 2.75) is 30.7 Å². The number of carbonyl (C=O) groups is 1. The highest BCUT2D eigenvalue weighted by Gasteiger charge is 2.11. The molecule has 0 saturated carbocycles. The molecule has 2 aromatic rings. The Morgan fingerprint density at radius 3 is 2.33 bits per heavy atom. The number of rotatable bonds is 7. The molecule has 2 aromatic carbocycles. The molecule has 1 fully saturated rings. The van der Waals surface area contributed by atoms with Crippen LogP contribution in [-0.4, -0.2) is 43.7 Å². The summed E-state index contributed by atoms with van der Waals surface area (Å²) >= 11 is 1.74. The van der Waals surface area contributed by atoms with E-state index in [-0.39, 0.29) is 5.91 Å². The summed E-state index contributed by atoms with van der Waals surface area (Å²) in [5.41, 5.74) is 3.32. The number of benzene rings is 2. The Labute approximate surface area is 166 Å². The maximum Gasteiger partial charge on any atom is 0.238 e. The minimum Gasteiger partial charge on any atom is -0.372 e. The van der Waals surface area contributed by atoms with Crippen molar-refractivity contribution in [2.75, 3.05) is 43.2 Å². The van der Waals surface area contributed by atoms with E-state index in [1.165, 1.54) is 35.4 Å². The maximum absolute atomic E-state index is 12.3. The van der Waals surface area contributed by atoms with E-state index in [1.54, 1.807) is 11.8 Å². The van der Waals surface area contributed by atoms with Gasteiger partial charge in [-0.1, -0.05) is 12.1 Å². The van der Waals surface area contributed by atoms with Crippen molar-refractivity contribution >= 4 is 29.0 Å². The van der Waals surface area contributed by atoms with Crippen molar-refractivity contribution in [1.82, 2.24) is 4.90 Å². The third kappa shape index (κ3) is 6.01. The summed E-state index contributed by atoms with van der Waals surface area (Å²) in [4.78, 5) is 18.0. The first kappa shape index (κ1) is 19.8. The van der Waals surface area contributed by atoms with E-state index in [0.717, 1.165) is 25.3 Å². The van der Waals surface area contributed by atoms with Crippen molar-refractivity contribution in [2.24, 2.45) is 0 Å². The topological polar surface area (TPSA) is 35.6 Å². The van der Waals surface area contributed by atoms with E-state index in [4.69, 9.17) is 0 Å². The fourth-order valence-corrected chi connectivity index (χ4v) is 3.86. The minimum absolute atomic E-state index is 0.0176. The Morgan fingerprint density at radius 2 is 1.70 bits per heavy atom. The zero-order chi connectivity index (χ0) is 19.1. The Kier molecular flexibility index (Phi) is 7.18. The molecule has 3 rings (SSSR count). The van der Waals surface area contributed by atoms with E-state index >= 15 is 0 Å². The van der Waals surface area contributed by atoms with Crippen LogP contribution in [0.25, 0.3) is 0 Å². The number of nitrogens with one attached hydrogen (secondary N) is 1. The second-order valence-electron chi connectivity index (χ2n) is 7.16. The number of anilines is 2. The van der Waals surface area contributed by atoms with Crippen LogP contribution in [0.1, 0.15) is 24.8 Å². The summed E-state index contributed by atoms with van der Waals surface area (Å²) < 4.78 is 0. The number of amides is 1. The smallest absolute Gasteiger partial charge is 0.238 e. The standard InChI is InChI=1S/C22H29N3OS/c1-24(16-18-6-12-21(27-2)13-7-18)17-22(26)23-19-8-10-20(11-9-19)25-14-4-3-5-15-25/h6-13H,3-5,14-17H2,1-2H3,(H,23,26). The molecular weight excluding hydrogens is 354 g/mol. The van der Waals surface area contributed by atoms with Gasteiger partial charge in [-0.2, -0.15) is 0 Å². The van der Waals surface area contributed by atoms with Crippen LogP contribution < -0.4 is 10.2 Å². The molecular formula is C22H29N3OS. The fourth-order valence-electron chi connectivity index (χ4n) is 3.45. The quantitative estimate of drug-likeness (QED) is 0.716. The second kappa shape index (κ2) is 9.81. The number of piperidine rings is 1. The normalized spacial score (nSPS) is 14.4. The average molecular weight is 384 g/mol. The lowest BCUT2D eigenvalue weighted by atomic mass is 10.1. The van der Waals surface area contributed by atoms with Crippen LogP contribution >= 0.6 is 11.8 Å². The summed E-state index contributed by atoms with van der Waals surface area (Å²) in [5, 5.41) is 3.00. The number of carbonyl (C=O) groups excluding carboxylic acids is 1. The van der Waals surface area contributed by atoms with Crippen LogP contribution in [-0.2, 0) is 11.3 Å². The molecule has 4 nitrogen and oxygen atoms in total. The largest absolute Gasteiger partial charge is 0.372 e. The van der Waals surface area contributed by atoms with Gasteiger partial charge in [0.05, 0.1) is 6.54 Å². The number of hydrogen-bond acceptors (Lipinski definition) is 4. The molecule has 27 heavy (non-hydrogen) atoms. The highest BCUT2D eigenvalue weighted by atomic mass is 32.2. The number of hydrogen-bond donors (Lipinski definition) is 1. The zero-order valence-corrected chi connectivity index (χ0v) is 17.1. The van der Waals surface area contributed by atoms with Gasteiger partial charge in [0.15, 0.2) is 0 Å². The molecule has 1 heterocycles. The molecule has 1 aliphatic heterocycles.